The monoisotopic (exact) mass is 738 g/mol. The average Bonchev–Trinajstić information content (AvgIpc) is 3.75. The van der Waals surface area contributed by atoms with Crippen molar-refractivity contribution in [2.75, 3.05) is 57.6 Å². The second kappa shape index (κ2) is 22.2. The molecule has 3 N–H and O–H groups in total. The topological polar surface area (TPSA) is 140 Å². The average molecular weight is 739 g/mol. The molecule has 0 bridgehead atoms. The van der Waals surface area contributed by atoms with Crippen molar-refractivity contribution < 1.29 is 33.4 Å². The van der Waals surface area contributed by atoms with Crippen LogP contribution in [0, 0.1) is 12.8 Å². The van der Waals surface area contributed by atoms with Crippen LogP contribution in [0.5, 0.6) is 0 Å². The van der Waals surface area contributed by atoms with Crippen LogP contribution in [0.4, 0.5) is 10.5 Å². The molecule has 1 aliphatic rings. The third-order valence-electron chi connectivity index (χ3n) is 9.38. The van der Waals surface area contributed by atoms with E-state index in [1.807, 2.05) is 41.1 Å². The number of unbranched alkanes of at least 4 members (excludes halogenated alkanes) is 3. The third-order valence-corrected chi connectivity index (χ3v) is 10.2. The maximum absolute atomic E-state index is 13.6. The highest BCUT2D eigenvalue weighted by Gasteiger charge is 2.29. The lowest BCUT2D eigenvalue weighted by atomic mass is 9.85. The molecule has 13 heteroatoms. The van der Waals surface area contributed by atoms with Crippen LogP contribution in [0.2, 0.25) is 0 Å². The van der Waals surface area contributed by atoms with Gasteiger partial charge in [-0.15, -0.1) is 11.3 Å². The molecule has 0 atom stereocenters. The molecular formula is C39H56N5O7S. The Hall–Kier alpha value is -3.94. The first-order valence-electron chi connectivity index (χ1n) is 18.7. The summed E-state index contributed by atoms with van der Waals surface area (Å²) in [7, 11) is 0. The molecule has 52 heavy (non-hydrogen) atoms. The molecule has 0 aliphatic heterocycles. The van der Waals surface area contributed by atoms with Gasteiger partial charge in [-0.3, -0.25) is 14.4 Å². The molecule has 1 aromatic carbocycles. The summed E-state index contributed by atoms with van der Waals surface area (Å²) in [6.45, 7) is 11.2. The lowest BCUT2D eigenvalue weighted by Crippen LogP contribution is -2.42. The van der Waals surface area contributed by atoms with Crippen molar-refractivity contribution in [2.24, 2.45) is 5.92 Å². The molecule has 3 aromatic rings. The summed E-state index contributed by atoms with van der Waals surface area (Å²) < 4.78 is 18.2. The molecule has 1 fully saturated rings. The van der Waals surface area contributed by atoms with E-state index >= 15 is 0 Å². The fraction of sp³-hybridized carbons (Fsp3) is 0.564. The van der Waals surface area contributed by atoms with Crippen molar-refractivity contribution in [3.63, 3.8) is 0 Å². The lowest BCUT2D eigenvalue weighted by molar-refractivity contribution is -0.126. The number of fused-ring (bicyclic) bond motifs is 1. The van der Waals surface area contributed by atoms with E-state index in [0.717, 1.165) is 60.8 Å². The van der Waals surface area contributed by atoms with Crippen LogP contribution < -0.4 is 20.9 Å². The largest absolute Gasteiger partial charge is 0.447 e. The third kappa shape index (κ3) is 12.6. The minimum atomic E-state index is -0.451. The summed E-state index contributed by atoms with van der Waals surface area (Å²) in [5.41, 5.74) is 3.39. The Labute approximate surface area is 311 Å². The molecule has 1 aliphatic carbocycles. The van der Waals surface area contributed by atoms with Gasteiger partial charge in [-0.2, -0.15) is 0 Å². The normalized spacial score (nSPS) is 15.7. The van der Waals surface area contributed by atoms with Crippen molar-refractivity contribution in [3.05, 3.63) is 60.0 Å². The predicted molar refractivity (Wildman–Crippen MR) is 205 cm³/mol. The maximum Gasteiger partial charge on any atom is 0.407 e. The van der Waals surface area contributed by atoms with Crippen molar-refractivity contribution in [1.29, 1.82) is 0 Å². The summed E-state index contributed by atoms with van der Waals surface area (Å²) in [6, 6.07) is 11.9. The number of anilines is 1. The van der Waals surface area contributed by atoms with E-state index in [0.29, 0.717) is 64.6 Å². The Morgan fingerprint density at radius 2 is 1.63 bits per heavy atom. The summed E-state index contributed by atoms with van der Waals surface area (Å²) in [5, 5.41) is 11.0. The number of rotatable bonds is 22. The zero-order valence-electron chi connectivity index (χ0n) is 30.8. The number of thiophene rings is 1. The van der Waals surface area contributed by atoms with E-state index in [1.165, 1.54) is 5.56 Å². The minimum Gasteiger partial charge on any atom is -0.447 e. The van der Waals surface area contributed by atoms with E-state index in [4.69, 9.17) is 14.2 Å². The van der Waals surface area contributed by atoms with E-state index in [1.54, 1.807) is 16.2 Å². The highest BCUT2D eigenvalue weighted by Crippen LogP contribution is 2.28. The molecular weight excluding hydrogens is 683 g/mol. The Bertz CT molecular complexity index is 1570. The number of amides is 4. The summed E-state index contributed by atoms with van der Waals surface area (Å²) in [5.74, 6) is -0.247. The summed E-state index contributed by atoms with van der Waals surface area (Å²) in [6.07, 6.45) is 6.92. The number of benzene rings is 1. The Morgan fingerprint density at radius 3 is 2.37 bits per heavy atom. The lowest BCUT2D eigenvalue weighted by Gasteiger charge is -2.28. The number of alkyl carbamates (subject to hydrolysis) is 1. The van der Waals surface area contributed by atoms with Gasteiger partial charge in [-0.05, 0) is 94.0 Å². The van der Waals surface area contributed by atoms with Crippen LogP contribution in [0.15, 0.2) is 41.8 Å². The second-order valence-corrected chi connectivity index (χ2v) is 13.9. The number of nitrogens with one attached hydrogen (secondary N) is 3. The number of hydrogen-bond acceptors (Lipinski definition) is 8. The fourth-order valence-corrected chi connectivity index (χ4v) is 7.30. The van der Waals surface area contributed by atoms with Gasteiger partial charge in [0.2, 0.25) is 11.8 Å². The van der Waals surface area contributed by atoms with E-state index in [-0.39, 0.29) is 42.8 Å². The molecule has 4 rings (SSSR count). The van der Waals surface area contributed by atoms with Crippen LogP contribution in [0.1, 0.15) is 81.3 Å². The summed E-state index contributed by atoms with van der Waals surface area (Å²) >= 11 is 1.55. The Kier molecular flexibility index (Phi) is 17.4. The molecule has 2 aromatic heterocycles. The first kappa shape index (κ1) is 40.8. The number of aryl methyl sites for hydroxylation is 1. The van der Waals surface area contributed by atoms with E-state index in [2.05, 4.69) is 41.9 Å². The molecule has 285 valence electrons. The maximum atomic E-state index is 13.6. The van der Waals surface area contributed by atoms with Gasteiger partial charge >= 0.3 is 6.09 Å². The zero-order valence-corrected chi connectivity index (χ0v) is 31.6. The van der Waals surface area contributed by atoms with Crippen molar-refractivity contribution in [1.82, 2.24) is 20.5 Å². The van der Waals surface area contributed by atoms with Crippen molar-refractivity contribution in [2.45, 2.75) is 84.2 Å². The minimum absolute atomic E-state index is 0.0274. The quantitative estimate of drug-likeness (QED) is 0.110. The number of carbonyl (C=O) groups is 4. The van der Waals surface area contributed by atoms with Crippen molar-refractivity contribution >= 4 is 51.1 Å². The Balaban J connectivity index is 1.12. The number of carbonyl (C=O) groups excluding carboxylic acids is 4. The van der Waals surface area contributed by atoms with Gasteiger partial charge in [-0.1, -0.05) is 31.9 Å². The smallest absolute Gasteiger partial charge is 0.407 e. The fourth-order valence-electron chi connectivity index (χ4n) is 6.48. The molecule has 0 saturated heterocycles. The number of nitrogens with zero attached hydrogens (tertiary/aromatic N) is 2. The number of likely N-dealkylation sites (N-methyl/N-ethyl adjacent to an activating group) is 1. The second-order valence-electron chi connectivity index (χ2n) is 13.0. The SMILES string of the molecule is [CH2]COCCOCCOC(=O)NCCCCCCNC(=O)[C@H]1CC[C@H](NC(=O)c2cc3sccc3n2CC(=O)N(CC)c2cccc(CC)c2)CC1. The molecule has 4 amide bonds. The molecule has 12 nitrogen and oxygen atoms in total. The van der Waals surface area contributed by atoms with E-state index in [9.17, 15) is 19.2 Å². The summed E-state index contributed by atoms with van der Waals surface area (Å²) in [4.78, 5) is 53.6. The Morgan fingerprint density at radius 1 is 0.904 bits per heavy atom. The highest BCUT2D eigenvalue weighted by atomic mass is 32.1. The molecule has 0 unspecified atom stereocenters. The van der Waals surface area contributed by atoms with Gasteiger partial charge in [0.25, 0.3) is 5.91 Å². The zero-order chi connectivity index (χ0) is 37.1. The molecule has 1 radical (unpaired) electrons. The predicted octanol–water partition coefficient (Wildman–Crippen LogP) is 5.88. The number of aromatic nitrogens is 1. The molecule has 2 heterocycles. The van der Waals surface area contributed by atoms with Crippen LogP contribution in [0.25, 0.3) is 10.2 Å². The van der Waals surface area contributed by atoms with Crippen LogP contribution in [0.3, 0.4) is 0 Å². The first-order valence-corrected chi connectivity index (χ1v) is 19.6. The highest BCUT2D eigenvalue weighted by molar-refractivity contribution is 7.17. The van der Waals surface area contributed by atoms with Crippen LogP contribution >= 0.6 is 11.3 Å². The van der Waals surface area contributed by atoms with E-state index < -0.39 is 6.09 Å². The van der Waals surface area contributed by atoms with Gasteiger partial charge in [0.15, 0.2) is 0 Å². The van der Waals surface area contributed by atoms with Crippen LogP contribution in [-0.2, 0) is 36.8 Å². The van der Waals surface area contributed by atoms with Crippen molar-refractivity contribution in [3.8, 4) is 0 Å². The first-order chi connectivity index (χ1) is 25.3. The van der Waals surface area contributed by atoms with Gasteiger partial charge in [0, 0.05) is 43.9 Å². The standard InChI is InChI=1S/C39H56N5O7S/c1-4-29-12-11-13-32(26-29)43(5-2)36(45)28-44-33-18-25-52-35(33)27-34(44)38(47)42-31-16-14-30(15-17-31)37(46)40-19-9-7-8-10-20-41-39(48)51-24-23-50-22-21-49-6-3/h11-13,18,25-27,30-31H,3-10,14-17,19-24,28H2,1-2H3,(H,40,46)(H,41,48)(H,42,47)/t30-,31-. The van der Waals surface area contributed by atoms with Gasteiger partial charge in [0.1, 0.15) is 18.8 Å². The van der Waals surface area contributed by atoms with Crippen LogP contribution in [-0.4, -0.2) is 87.1 Å². The number of ether oxygens (including phenoxy) is 3. The van der Waals surface area contributed by atoms with Gasteiger partial charge < -0.3 is 39.6 Å². The van der Waals surface area contributed by atoms with Gasteiger partial charge in [0.05, 0.1) is 30.0 Å². The number of hydrogen-bond donors (Lipinski definition) is 3. The molecule has 1 saturated carbocycles. The molecule has 0 spiro atoms. The van der Waals surface area contributed by atoms with Gasteiger partial charge in [-0.25, -0.2) is 4.79 Å².